The number of phenolic OH excluding ortho intramolecular Hbond substituents is 2. The second kappa shape index (κ2) is 12.1. The number of ketones is 1. The summed E-state index contributed by atoms with van der Waals surface area (Å²) < 4.78 is 5.77. The monoisotopic (exact) mass is 589 g/mol. The summed E-state index contributed by atoms with van der Waals surface area (Å²) in [5.41, 5.74) is 1.88. The molecule has 0 unspecified atom stereocenters. The minimum absolute atomic E-state index is 0.106. The number of aromatic hydroxyl groups is 2. The number of rotatable bonds is 7. The van der Waals surface area contributed by atoms with E-state index in [0.717, 1.165) is 51.4 Å². The quantitative estimate of drug-likeness (QED) is 0.110. The summed E-state index contributed by atoms with van der Waals surface area (Å²) >= 11 is 0. The summed E-state index contributed by atoms with van der Waals surface area (Å²) in [6.07, 6.45) is 11.0. The Morgan fingerprint density at radius 3 is 2.53 bits per heavy atom. The molecule has 3 saturated carbocycles. The summed E-state index contributed by atoms with van der Waals surface area (Å²) in [6.45, 7) is 6.79. The van der Waals surface area contributed by atoms with Gasteiger partial charge in [-0.05, 0) is 104 Å². The number of amides is 2. The second-order valence-electron chi connectivity index (χ2n) is 13.4. The highest BCUT2D eigenvalue weighted by molar-refractivity contribution is 6.01. The minimum atomic E-state index is -0.614. The predicted octanol–water partition coefficient (Wildman–Crippen LogP) is 5.38. The lowest BCUT2D eigenvalue weighted by atomic mass is 9.47. The molecule has 1 aromatic carbocycles. The van der Waals surface area contributed by atoms with Gasteiger partial charge in [0, 0.05) is 25.4 Å². The Morgan fingerprint density at radius 2 is 1.81 bits per heavy atom. The zero-order valence-electron chi connectivity index (χ0n) is 25.3. The summed E-state index contributed by atoms with van der Waals surface area (Å²) in [5.74, 6) is 1.15. The highest BCUT2D eigenvalue weighted by Crippen LogP contribution is 2.66. The molecule has 9 heteroatoms. The smallest absolute Gasteiger partial charge is 0.407 e. The van der Waals surface area contributed by atoms with Crippen LogP contribution in [0.5, 0.6) is 11.5 Å². The first kappa shape index (κ1) is 30.7. The Balaban J connectivity index is 1.10. The van der Waals surface area contributed by atoms with Gasteiger partial charge in [0.15, 0.2) is 11.5 Å². The molecule has 3 fully saturated rings. The summed E-state index contributed by atoms with van der Waals surface area (Å²) in [5, 5.41) is 33.7. The van der Waals surface area contributed by atoms with Crippen LogP contribution >= 0.6 is 0 Å². The number of Topliss-reactive ketones (excluding diaryl/α,β-unsaturated/α-hetero) is 1. The molecule has 0 spiro atoms. The minimum Gasteiger partial charge on any atom is -0.504 e. The van der Waals surface area contributed by atoms with Gasteiger partial charge in [0.2, 0.25) is 0 Å². The van der Waals surface area contributed by atoms with Gasteiger partial charge in [-0.15, -0.1) is 0 Å². The zero-order chi connectivity index (χ0) is 30.9. The van der Waals surface area contributed by atoms with E-state index in [1.807, 2.05) is 6.07 Å². The molecule has 0 aromatic heterocycles. The predicted molar refractivity (Wildman–Crippen MR) is 161 cm³/mol. The van der Waals surface area contributed by atoms with E-state index in [2.05, 4.69) is 30.6 Å². The third kappa shape index (κ3) is 5.89. The molecule has 230 valence electrons. The van der Waals surface area contributed by atoms with Crippen molar-refractivity contribution in [1.82, 2.24) is 10.6 Å². The van der Waals surface area contributed by atoms with Crippen LogP contribution in [0.3, 0.4) is 0 Å². The number of phenols is 2. The zero-order valence-corrected chi connectivity index (χ0v) is 25.3. The third-order valence-corrected chi connectivity index (χ3v) is 11.2. The molecule has 4 aliphatic carbocycles. The van der Waals surface area contributed by atoms with Crippen molar-refractivity contribution in [2.75, 3.05) is 13.1 Å². The number of allylic oxidation sites excluding steroid dienone is 1. The molecule has 0 aliphatic heterocycles. The Morgan fingerprint density at radius 1 is 1.05 bits per heavy atom. The van der Waals surface area contributed by atoms with E-state index in [1.54, 1.807) is 6.92 Å². The molecule has 4 aliphatic rings. The van der Waals surface area contributed by atoms with Crippen molar-refractivity contribution in [2.24, 2.45) is 34.5 Å². The number of alkyl carbamates (subject to hydrolysis) is 1. The van der Waals surface area contributed by atoms with E-state index in [4.69, 9.17) is 4.74 Å². The fraction of sp³-hybridized carbons (Fsp3) is 0.588. The maximum Gasteiger partial charge on any atom is 0.407 e. The van der Waals surface area contributed by atoms with Crippen molar-refractivity contribution in [3.63, 3.8) is 0 Å². The molecule has 0 bridgehead atoms. The number of hydrogen-bond donors (Lipinski definition) is 4. The van der Waals surface area contributed by atoms with Crippen molar-refractivity contribution in [3.05, 3.63) is 41.0 Å². The number of nitrogens with one attached hydrogen (secondary N) is 2. The Kier molecular flexibility index (Phi) is 8.60. The molecule has 0 saturated heterocycles. The highest BCUT2D eigenvalue weighted by Gasteiger charge is 2.59. The first-order valence-electron chi connectivity index (χ1n) is 15.5. The number of carbonyl (C=O) groups is 3. The van der Waals surface area contributed by atoms with Crippen molar-refractivity contribution in [1.29, 1.82) is 5.26 Å². The lowest BCUT2D eigenvalue weighted by molar-refractivity contribution is -0.127. The van der Waals surface area contributed by atoms with Crippen LogP contribution in [0.4, 0.5) is 4.79 Å². The van der Waals surface area contributed by atoms with Crippen LogP contribution in [-0.4, -0.2) is 47.2 Å². The SMILES string of the molecule is CC(=O)[C@H]1CC[C@H]2[C@@H]3CC=C4C[C@@H](OC(=O)NCCNC(=O)/C(C#N)=C/c5ccc(O)c(O)c5)CC[C@]4(C)[C@H]3CC[C@]12C. The van der Waals surface area contributed by atoms with E-state index in [0.29, 0.717) is 29.1 Å². The maximum absolute atomic E-state index is 12.6. The lowest BCUT2D eigenvalue weighted by Gasteiger charge is -2.58. The van der Waals surface area contributed by atoms with Crippen LogP contribution in [0.25, 0.3) is 6.08 Å². The average Bonchev–Trinajstić information content (AvgIpc) is 3.33. The number of fused-ring (bicyclic) bond motifs is 5. The van der Waals surface area contributed by atoms with Gasteiger partial charge in [0.25, 0.3) is 5.91 Å². The molecular weight excluding hydrogens is 546 g/mol. The normalized spacial score (nSPS) is 33.1. The third-order valence-electron chi connectivity index (χ3n) is 11.2. The van der Waals surface area contributed by atoms with Crippen molar-refractivity contribution < 1.29 is 29.3 Å². The molecule has 43 heavy (non-hydrogen) atoms. The van der Waals surface area contributed by atoms with E-state index in [-0.39, 0.29) is 53.0 Å². The topological polar surface area (TPSA) is 149 Å². The summed E-state index contributed by atoms with van der Waals surface area (Å²) in [6, 6.07) is 5.81. The van der Waals surface area contributed by atoms with E-state index < -0.39 is 12.0 Å². The highest BCUT2D eigenvalue weighted by atomic mass is 16.6. The summed E-state index contributed by atoms with van der Waals surface area (Å²) in [7, 11) is 0. The second-order valence-corrected chi connectivity index (χ2v) is 13.4. The number of ether oxygens (including phenoxy) is 1. The molecule has 1 aromatic rings. The largest absolute Gasteiger partial charge is 0.504 e. The number of hydrogen-bond acceptors (Lipinski definition) is 7. The Bertz CT molecular complexity index is 1390. The summed E-state index contributed by atoms with van der Waals surface area (Å²) in [4.78, 5) is 37.4. The number of benzene rings is 1. The molecule has 2 amide bonds. The molecule has 7 atom stereocenters. The van der Waals surface area contributed by atoms with Gasteiger partial charge in [-0.2, -0.15) is 5.26 Å². The van der Waals surface area contributed by atoms with Crippen molar-refractivity contribution >= 4 is 23.9 Å². The number of carbonyl (C=O) groups excluding carboxylic acids is 3. The number of nitriles is 1. The first-order valence-corrected chi connectivity index (χ1v) is 15.5. The van der Waals surface area contributed by atoms with Crippen LogP contribution in [0.15, 0.2) is 35.4 Å². The molecule has 0 radical (unpaired) electrons. The fourth-order valence-electron chi connectivity index (χ4n) is 8.97. The molecular formula is C34H43N3O6. The molecule has 0 heterocycles. The van der Waals surface area contributed by atoms with Gasteiger partial charge >= 0.3 is 6.09 Å². The van der Waals surface area contributed by atoms with Crippen LogP contribution in [0.1, 0.15) is 77.7 Å². The van der Waals surface area contributed by atoms with E-state index >= 15 is 0 Å². The Hall–Kier alpha value is -3.80. The van der Waals surface area contributed by atoms with E-state index in [9.17, 15) is 29.9 Å². The van der Waals surface area contributed by atoms with Gasteiger partial charge in [-0.25, -0.2) is 4.79 Å². The molecule has 9 nitrogen and oxygen atoms in total. The van der Waals surface area contributed by atoms with Crippen molar-refractivity contribution in [2.45, 2.75) is 78.2 Å². The van der Waals surface area contributed by atoms with Crippen LogP contribution in [-0.2, 0) is 14.3 Å². The van der Waals surface area contributed by atoms with Gasteiger partial charge in [0.1, 0.15) is 23.5 Å². The number of nitrogens with zero attached hydrogens (tertiary/aromatic N) is 1. The van der Waals surface area contributed by atoms with Crippen molar-refractivity contribution in [3.8, 4) is 17.6 Å². The van der Waals surface area contributed by atoms with Gasteiger partial charge in [-0.1, -0.05) is 31.6 Å². The lowest BCUT2D eigenvalue weighted by Crippen LogP contribution is -2.51. The van der Waals surface area contributed by atoms with Crippen LogP contribution in [0, 0.1) is 45.8 Å². The molecule has 4 N–H and O–H groups in total. The molecule has 5 rings (SSSR count). The van der Waals surface area contributed by atoms with E-state index in [1.165, 1.54) is 29.8 Å². The van der Waals surface area contributed by atoms with Gasteiger partial charge < -0.3 is 25.6 Å². The standard InChI is InChI=1S/C34H43N3O6/c1-20(38)26-7-8-27-25-6-5-23-18-24(10-12-33(23,2)28(25)11-13-34(26,27)3)43-32(42)37-15-14-36-31(41)22(19-35)16-21-4-9-29(39)30(40)17-21/h4-5,9,16-17,24-28,39-40H,6-8,10-15,18H2,1-3H3,(H,36,41)(H,37,42)/b22-16+/t24-,25-,26+,27-,28-,33-,34+/m0/s1. The maximum atomic E-state index is 12.6. The van der Waals surface area contributed by atoms with Crippen LogP contribution in [0.2, 0.25) is 0 Å². The van der Waals surface area contributed by atoms with Crippen LogP contribution < -0.4 is 10.6 Å². The Labute approximate surface area is 253 Å². The fourth-order valence-corrected chi connectivity index (χ4v) is 8.97. The average molecular weight is 590 g/mol. The first-order chi connectivity index (χ1) is 20.5. The van der Waals surface area contributed by atoms with Gasteiger partial charge in [-0.3, -0.25) is 9.59 Å². The van der Waals surface area contributed by atoms with Gasteiger partial charge in [0.05, 0.1) is 0 Å².